The molecule has 0 radical (unpaired) electrons. The molecule has 0 aliphatic heterocycles. The molecular weight excluding hydrogens is 470 g/mol. The van der Waals surface area contributed by atoms with Gasteiger partial charge in [-0.05, 0) is 62.3 Å². The minimum atomic E-state index is -0.982. The second kappa shape index (κ2) is 9.83. The summed E-state index contributed by atoms with van der Waals surface area (Å²) in [5.41, 5.74) is 5.75. The molecule has 0 unspecified atom stereocenters. The van der Waals surface area contributed by atoms with Crippen LogP contribution in [0, 0.1) is 0 Å². The van der Waals surface area contributed by atoms with Crippen molar-refractivity contribution in [2.24, 2.45) is 0 Å². The Morgan fingerprint density at radius 3 is 2.31 bits per heavy atom. The van der Waals surface area contributed by atoms with Gasteiger partial charge in [-0.25, -0.2) is 9.59 Å². The summed E-state index contributed by atoms with van der Waals surface area (Å²) in [6.45, 7) is 0.710. The van der Waals surface area contributed by atoms with Gasteiger partial charge in [0.1, 0.15) is 6.61 Å². The molecule has 0 saturated carbocycles. The van der Waals surface area contributed by atoms with Gasteiger partial charge in [0.2, 0.25) is 0 Å². The van der Waals surface area contributed by atoms with Gasteiger partial charge < -0.3 is 15.2 Å². The van der Waals surface area contributed by atoms with Crippen molar-refractivity contribution < 1.29 is 19.4 Å². The van der Waals surface area contributed by atoms with E-state index in [2.05, 4.69) is 45.5 Å². The molecule has 0 heterocycles. The number of alkyl carbamates (subject to hydrolysis) is 1. The van der Waals surface area contributed by atoms with Crippen molar-refractivity contribution in [3.8, 4) is 11.1 Å². The minimum Gasteiger partial charge on any atom is -0.478 e. The largest absolute Gasteiger partial charge is 0.478 e. The Labute approximate surface area is 194 Å². The van der Waals surface area contributed by atoms with Crippen molar-refractivity contribution >= 4 is 34.1 Å². The highest BCUT2D eigenvalue weighted by Gasteiger charge is 2.28. The average Bonchev–Trinajstić information content (AvgIpc) is 3.12. The first kappa shape index (κ1) is 21.8. The van der Waals surface area contributed by atoms with Crippen LogP contribution in [0.25, 0.3) is 17.2 Å². The van der Waals surface area contributed by atoms with Crippen molar-refractivity contribution in [1.29, 1.82) is 0 Å². The molecule has 1 amide bonds. The summed E-state index contributed by atoms with van der Waals surface area (Å²) in [6, 6.07) is 21.6. The molecule has 0 spiro atoms. The fourth-order valence-corrected chi connectivity index (χ4v) is 4.35. The standard InChI is InChI=1S/C26H22BrNO4/c27-24-13-12-17(15-22(24)25(29)30)7-5-6-14-28-26(31)32-16-23-20-10-3-1-8-18(20)19-9-2-4-11-21(19)23/h1-5,7-13,15,23H,6,14,16H2,(H,28,31)(H,29,30). The second-order valence-electron chi connectivity index (χ2n) is 7.49. The summed E-state index contributed by atoms with van der Waals surface area (Å²) < 4.78 is 6.06. The topological polar surface area (TPSA) is 75.6 Å². The molecule has 2 N–H and O–H groups in total. The third-order valence-electron chi connectivity index (χ3n) is 5.46. The summed E-state index contributed by atoms with van der Waals surface area (Å²) in [5, 5.41) is 11.9. The fourth-order valence-electron chi connectivity index (χ4n) is 3.94. The predicted octanol–water partition coefficient (Wildman–Crippen LogP) is 6.09. The first-order chi connectivity index (χ1) is 15.5. The van der Waals surface area contributed by atoms with Crippen molar-refractivity contribution in [3.63, 3.8) is 0 Å². The molecule has 0 saturated heterocycles. The quantitative estimate of drug-likeness (QED) is 0.392. The Morgan fingerprint density at radius 2 is 1.66 bits per heavy atom. The van der Waals surface area contributed by atoms with Gasteiger partial charge in [-0.2, -0.15) is 0 Å². The summed E-state index contributed by atoms with van der Waals surface area (Å²) in [4.78, 5) is 23.4. The number of rotatable bonds is 7. The van der Waals surface area contributed by atoms with E-state index in [1.54, 1.807) is 12.1 Å². The highest BCUT2D eigenvalue weighted by Crippen LogP contribution is 2.44. The van der Waals surface area contributed by atoms with E-state index >= 15 is 0 Å². The lowest BCUT2D eigenvalue weighted by atomic mass is 9.98. The number of carboxylic acid groups (broad SMARTS) is 1. The number of aromatic carboxylic acids is 1. The zero-order valence-corrected chi connectivity index (χ0v) is 18.8. The van der Waals surface area contributed by atoms with Gasteiger partial charge in [0, 0.05) is 16.9 Å². The number of hydrogen-bond acceptors (Lipinski definition) is 3. The Hall–Kier alpha value is -3.38. The molecule has 1 aliphatic carbocycles. The average molecular weight is 492 g/mol. The first-order valence-electron chi connectivity index (χ1n) is 10.3. The number of nitrogens with one attached hydrogen (secondary N) is 1. The zero-order chi connectivity index (χ0) is 22.5. The van der Waals surface area contributed by atoms with E-state index in [9.17, 15) is 14.7 Å². The normalized spacial score (nSPS) is 12.4. The summed E-state index contributed by atoms with van der Waals surface area (Å²) in [7, 11) is 0. The number of carbonyl (C=O) groups excluding carboxylic acids is 1. The molecule has 4 rings (SSSR count). The lowest BCUT2D eigenvalue weighted by Gasteiger charge is -2.14. The van der Waals surface area contributed by atoms with Crippen LogP contribution in [-0.2, 0) is 4.74 Å². The molecule has 0 aromatic heterocycles. The van der Waals surface area contributed by atoms with Crippen LogP contribution in [0.5, 0.6) is 0 Å². The predicted molar refractivity (Wildman–Crippen MR) is 128 cm³/mol. The number of benzene rings is 3. The van der Waals surface area contributed by atoms with E-state index in [4.69, 9.17) is 4.74 Å². The molecule has 0 atom stereocenters. The molecule has 32 heavy (non-hydrogen) atoms. The number of carboxylic acids is 1. The molecule has 3 aromatic rings. The Bertz CT molecular complexity index is 1140. The molecular formula is C26H22BrNO4. The van der Waals surface area contributed by atoms with E-state index in [1.165, 1.54) is 22.3 Å². The van der Waals surface area contributed by atoms with Gasteiger partial charge in [0.05, 0.1) is 5.56 Å². The molecule has 6 heteroatoms. The summed E-state index contributed by atoms with van der Waals surface area (Å²) in [6.07, 6.45) is 3.87. The monoisotopic (exact) mass is 491 g/mol. The van der Waals surface area contributed by atoms with Crippen LogP contribution in [0.1, 0.15) is 39.4 Å². The first-order valence-corrected chi connectivity index (χ1v) is 11.1. The second-order valence-corrected chi connectivity index (χ2v) is 8.34. The maximum atomic E-state index is 12.2. The number of ether oxygens (including phenoxy) is 1. The van der Waals surface area contributed by atoms with Crippen molar-refractivity contribution in [2.75, 3.05) is 13.2 Å². The fraction of sp³-hybridized carbons (Fsp3) is 0.154. The molecule has 1 aliphatic rings. The number of halogens is 1. The van der Waals surface area contributed by atoms with Gasteiger partial charge in [0.15, 0.2) is 0 Å². The van der Waals surface area contributed by atoms with Gasteiger partial charge in [0.25, 0.3) is 0 Å². The molecule has 0 bridgehead atoms. The number of hydrogen-bond donors (Lipinski definition) is 2. The summed E-state index contributed by atoms with van der Waals surface area (Å²) in [5.74, 6) is -0.946. The maximum Gasteiger partial charge on any atom is 0.407 e. The van der Waals surface area contributed by atoms with E-state index < -0.39 is 12.1 Å². The van der Waals surface area contributed by atoms with E-state index in [1.807, 2.05) is 42.5 Å². The number of amides is 1. The third-order valence-corrected chi connectivity index (χ3v) is 6.15. The minimum absolute atomic E-state index is 0.0360. The van der Waals surface area contributed by atoms with Crippen LogP contribution in [-0.4, -0.2) is 30.3 Å². The van der Waals surface area contributed by atoms with Crippen LogP contribution in [0.2, 0.25) is 0 Å². The molecule has 5 nitrogen and oxygen atoms in total. The number of fused-ring (bicyclic) bond motifs is 3. The lowest BCUT2D eigenvalue weighted by Crippen LogP contribution is -2.26. The SMILES string of the molecule is O=C(NCCC=Cc1ccc(Br)c(C(=O)O)c1)OCC1c2ccccc2-c2ccccc21. The van der Waals surface area contributed by atoms with E-state index in [-0.39, 0.29) is 18.1 Å². The lowest BCUT2D eigenvalue weighted by molar-refractivity contribution is 0.0695. The van der Waals surface area contributed by atoms with Crippen molar-refractivity contribution in [3.05, 3.63) is 99.5 Å². The van der Waals surface area contributed by atoms with Gasteiger partial charge in [-0.3, -0.25) is 0 Å². The Balaban J connectivity index is 1.27. The number of carbonyl (C=O) groups is 2. The zero-order valence-electron chi connectivity index (χ0n) is 17.3. The van der Waals surface area contributed by atoms with Crippen LogP contribution in [0.4, 0.5) is 4.79 Å². The molecule has 3 aromatic carbocycles. The molecule has 162 valence electrons. The third kappa shape index (κ3) is 4.75. The van der Waals surface area contributed by atoms with E-state index in [0.717, 1.165) is 5.56 Å². The maximum absolute atomic E-state index is 12.2. The van der Waals surface area contributed by atoms with Gasteiger partial charge in [-0.1, -0.05) is 66.7 Å². The highest BCUT2D eigenvalue weighted by atomic mass is 79.9. The van der Waals surface area contributed by atoms with Crippen molar-refractivity contribution in [2.45, 2.75) is 12.3 Å². The van der Waals surface area contributed by atoms with Crippen molar-refractivity contribution in [1.82, 2.24) is 5.32 Å². The van der Waals surface area contributed by atoms with Crippen LogP contribution >= 0.6 is 15.9 Å². The van der Waals surface area contributed by atoms with Gasteiger partial charge in [-0.15, -0.1) is 0 Å². The summed E-state index contributed by atoms with van der Waals surface area (Å²) >= 11 is 3.23. The van der Waals surface area contributed by atoms with Crippen LogP contribution in [0.3, 0.4) is 0 Å². The molecule has 0 fully saturated rings. The Kier molecular flexibility index (Phi) is 6.71. The van der Waals surface area contributed by atoms with Crippen LogP contribution in [0.15, 0.2) is 77.3 Å². The highest BCUT2D eigenvalue weighted by molar-refractivity contribution is 9.10. The van der Waals surface area contributed by atoms with Gasteiger partial charge >= 0.3 is 12.1 Å². The van der Waals surface area contributed by atoms with E-state index in [0.29, 0.717) is 17.4 Å². The smallest absolute Gasteiger partial charge is 0.407 e. The van der Waals surface area contributed by atoms with Crippen LogP contribution < -0.4 is 5.32 Å². The Morgan fingerprint density at radius 1 is 1.00 bits per heavy atom.